The fourth-order valence-corrected chi connectivity index (χ4v) is 4.86. The molecule has 158 valence electrons. The number of hydrogen-bond donors (Lipinski definition) is 3. The normalized spacial score (nSPS) is 14.3. The summed E-state index contributed by atoms with van der Waals surface area (Å²) < 4.78 is 1.07. The van der Waals surface area contributed by atoms with Crippen molar-refractivity contribution in [1.29, 1.82) is 0 Å². The van der Waals surface area contributed by atoms with Crippen LogP contribution in [0, 0.1) is 0 Å². The lowest BCUT2D eigenvalue weighted by Crippen LogP contribution is -2.46. The highest BCUT2D eigenvalue weighted by molar-refractivity contribution is 7.21. The minimum absolute atomic E-state index is 0.103. The van der Waals surface area contributed by atoms with Crippen LogP contribution in [0.4, 0.5) is 11.6 Å². The molecule has 0 unspecified atom stereocenters. The smallest absolute Gasteiger partial charge is 0.264 e. The number of fused-ring (bicyclic) bond motifs is 3. The molecule has 4 N–H and O–H groups in total. The van der Waals surface area contributed by atoms with Crippen molar-refractivity contribution in [2.45, 2.75) is 6.42 Å². The maximum atomic E-state index is 12.9. The van der Waals surface area contributed by atoms with Crippen LogP contribution in [0.2, 0.25) is 0 Å². The quantitative estimate of drug-likeness (QED) is 0.419. The number of nitrogens with one attached hydrogen (secondary N) is 2. The molecule has 3 heterocycles. The maximum absolute atomic E-state index is 12.9. The van der Waals surface area contributed by atoms with Gasteiger partial charge in [-0.05, 0) is 42.3 Å². The Morgan fingerprint density at radius 1 is 1.16 bits per heavy atom. The van der Waals surface area contributed by atoms with Gasteiger partial charge >= 0.3 is 0 Å². The van der Waals surface area contributed by atoms with Crippen molar-refractivity contribution in [1.82, 2.24) is 20.2 Å². The van der Waals surface area contributed by atoms with Crippen LogP contribution in [0.1, 0.15) is 15.2 Å². The summed E-state index contributed by atoms with van der Waals surface area (Å²) in [7, 11) is 0. The molecular weight excluding hydrogens is 408 g/mol. The molecular formula is C23H24N6OS. The van der Waals surface area contributed by atoms with E-state index < -0.39 is 0 Å². The van der Waals surface area contributed by atoms with Crippen LogP contribution < -0.4 is 16.4 Å². The van der Waals surface area contributed by atoms with Crippen LogP contribution >= 0.6 is 11.3 Å². The Hall–Kier alpha value is -3.23. The average Bonchev–Trinajstić information content (AvgIpc) is 3.25. The minimum atomic E-state index is 0.103. The van der Waals surface area contributed by atoms with E-state index in [0.717, 1.165) is 70.7 Å². The molecule has 5 rings (SSSR count). The highest BCUT2D eigenvalue weighted by Gasteiger charge is 2.20. The summed E-state index contributed by atoms with van der Waals surface area (Å²) in [6.07, 6.45) is 2.69. The van der Waals surface area contributed by atoms with E-state index in [1.165, 1.54) is 16.9 Å². The number of rotatable bonds is 5. The number of nitrogen functional groups attached to an aromatic ring is 1. The number of thiophene rings is 1. The molecule has 0 radical (unpaired) electrons. The van der Waals surface area contributed by atoms with Gasteiger partial charge in [-0.3, -0.25) is 4.79 Å². The van der Waals surface area contributed by atoms with Gasteiger partial charge in [-0.2, -0.15) is 0 Å². The Kier molecular flexibility index (Phi) is 5.40. The molecule has 31 heavy (non-hydrogen) atoms. The second kappa shape index (κ2) is 8.49. The number of amides is 1. The fourth-order valence-electron chi connectivity index (χ4n) is 3.83. The van der Waals surface area contributed by atoms with E-state index in [1.54, 1.807) is 0 Å². The van der Waals surface area contributed by atoms with Gasteiger partial charge in [0.05, 0.1) is 10.4 Å². The zero-order valence-corrected chi connectivity index (χ0v) is 17.9. The molecule has 1 aliphatic rings. The van der Waals surface area contributed by atoms with Crippen LogP contribution in [0.25, 0.3) is 21.0 Å². The first-order valence-electron chi connectivity index (χ1n) is 10.4. The molecule has 4 aromatic rings. The lowest BCUT2D eigenvalue weighted by Gasteiger charge is -2.26. The molecule has 0 saturated carbocycles. The molecule has 1 saturated heterocycles. The monoisotopic (exact) mass is 432 g/mol. The van der Waals surface area contributed by atoms with E-state index in [9.17, 15) is 4.79 Å². The van der Waals surface area contributed by atoms with Crippen molar-refractivity contribution < 1.29 is 4.79 Å². The second-order valence-corrected chi connectivity index (χ2v) is 8.76. The topological polar surface area (TPSA) is 96.2 Å². The maximum Gasteiger partial charge on any atom is 0.264 e. The van der Waals surface area contributed by atoms with Crippen molar-refractivity contribution in [3.05, 3.63) is 59.1 Å². The molecule has 1 fully saturated rings. The van der Waals surface area contributed by atoms with E-state index >= 15 is 0 Å². The number of carbonyl (C=O) groups is 1. The molecule has 1 aliphatic heterocycles. The molecule has 8 heteroatoms. The molecule has 2 aromatic heterocycles. The first-order valence-corrected chi connectivity index (χ1v) is 11.3. The number of piperazine rings is 1. The van der Waals surface area contributed by atoms with Gasteiger partial charge in [-0.15, -0.1) is 11.3 Å². The summed E-state index contributed by atoms with van der Waals surface area (Å²) in [6.45, 7) is 3.91. The van der Waals surface area contributed by atoms with Crippen LogP contribution in [0.5, 0.6) is 0 Å². The third-order valence-corrected chi connectivity index (χ3v) is 6.63. The number of nitrogens with zero attached hydrogens (tertiary/aromatic N) is 3. The number of carbonyl (C=O) groups excluding carboxylic acids is 1. The predicted octanol–water partition coefficient (Wildman–Crippen LogP) is 3.13. The van der Waals surface area contributed by atoms with Gasteiger partial charge in [0.2, 0.25) is 5.95 Å². The summed E-state index contributed by atoms with van der Waals surface area (Å²) in [5.74, 6) is 0.698. The molecule has 0 bridgehead atoms. The van der Waals surface area contributed by atoms with Crippen LogP contribution in [0.15, 0.2) is 48.7 Å². The highest BCUT2D eigenvalue weighted by Crippen LogP contribution is 2.32. The number of nitrogens with two attached hydrogens (primary N) is 1. The Labute approximate surface area is 184 Å². The summed E-state index contributed by atoms with van der Waals surface area (Å²) in [5, 5.41) is 8.57. The first kappa shape index (κ1) is 19.7. The lowest BCUT2D eigenvalue weighted by atomic mass is 10.1. The number of hydrogen-bond acceptors (Lipinski definition) is 7. The van der Waals surface area contributed by atoms with Crippen LogP contribution in [-0.2, 0) is 6.42 Å². The van der Waals surface area contributed by atoms with E-state index in [1.807, 2.05) is 47.5 Å². The van der Waals surface area contributed by atoms with Crippen molar-refractivity contribution in [2.75, 3.05) is 43.8 Å². The molecule has 1 amide bonds. The summed E-state index contributed by atoms with van der Waals surface area (Å²) in [4.78, 5) is 24.8. The van der Waals surface area contributed by atoms with E-state index in [2.05, 4.69) is 21.7 Å². The Bertz CT molecular complexity index is 1230. The van der Waals surface area contributed by atoms with Crippen molar-refractivity contribution >= 4 is 49.9 Å². The second-order valence-electron chi connectivity index (χ2n) is 7.68. The lowest BCUT2D eigenvalue weighted by molar-refractivity contribution is 0.0741. The minimum Gasteiger partial charge on any atom is -0.399 e. The molecule has 2 aromatic carbocycles. The van der Waals surface area contributed by atoms with Crippen LogP contribution in [-0.4, -0.2) is 53.5 Å². The SMILES string of the molecule is Nc1ccc(CCNc2ncc3ccc4sc(C(=O)N5CCNCC5)cc4c3n2)cc1. The predicted molar refractivity (Wildman–Crippen MR) is 127 cm³/mol. The van der Waals surface area contributed by atoms with Crippen molar-refractivity contribution in [3.63, 3.8) is 0 Å². The molecule has 0 spiro atoms. The van der Waals surface area contributed by atoms with Gasteiger partial charge in [-0.1, -0.05) is 12.1 Å². The van der Waals surface area contributed by atoms with Crippen molar-refractivity contribution in [2.24, 2.45) is 0 Å². The first-order chi connectivity index (χ1) is 15.2. The molecule has 0 atom stereocenters. The van der Waals surface area contributed by atoms with E-state index in [0.29, 0.717) is 5.95 Å². The fraction of sp³-hybridized carbons (Fsp3) is 0.261. The summed E-state index contributed by atoms with van der Waals surface area (Å²) in [5.41, 5.74) is 8.59. The van der Waals surface area contributed by atoms with E-state index in [4.69, 9.17) is 10.7 Å². The van der Waals surface area contributed by atoms with Gasteiger partial charge in [-0.25, -0.2) is 9.97 Å². The summed E-state index contributed by atoms with van der Waals surface area (Å²) >= 11 is 1.53. The number of aromatic nitrogens is 2. The standard InChI is InChI=1S/C23H24N6OS/c24-17-4-1-15(2-5-17)7-8-26-23-27-14-16-3-6-19-18(21(16)28-23)13-20(31-19)22(30)29-11-9-25-10-12-29/h1-6,13-14,25H,7-12,24H2,(H,26,27,28). The van der Waals surface area contributed by atoms with Crippen LogP contribution in [0.3, 0.4) is 0 Å². The zero-order valence-electron chi connectivity index (χ0n) is 17.1. The average molecular weight is 433 g/mol. The third kappa shape index (κ3) is 4.17. The van der Waals surface area contributed by atoms with E-state index in [-0.39, 0.29) is 5.91 Å². The third-order valence-electron chi connectivity index (χ3n) is 5.54. The van der Waals surface area contributed by atoms with Gasteiger partial charge in [0.1, 0.15) is 0 Å². The Morgan fingerprint density at radius 3 is 2.77 bits per heavy atom. The Balaban J connectivity index is 1.37. The molecule has 7 nitrogen and oxygen atoms in total. The van der Waals surface area contributed by atoms with Crippen molar-refractivity contribution in [3.8, 4) is 0 Å². The number of anilines is 2. The Morgan fingerprint density at radius 2 is 1.97 bits per heavy atom. The van der Waals surface area contributed by atoms with Gasteiger partial charge in [0.15, 0.2) is 0 Å². The number of benzene rings is 2. The zero-order chi connectivity index (χ0) is 21.2. The summed E-state index contributed by atoms with van der Waals surface area (Å²) in [6, 6.07) is 13.9. The molecule has 0 aliphatic carbocycles. The highest BCUT2D eigenvalue weighted by atomic mass is 32.1. The van der Waals surface area contributed by atoms with Gasteiger partial charge in [0, 0.05) is 60.1 Å². The largest absolute Gasteiger partial charge is 0.399 e. The van der Waals surface area contributed by atoms with Gasteiger partial charge < -0.3 is 21.3 Å². The van der Waals surface area contributed by atoms with Gasteiger partial charge in [0.25, 0.3) is 5.91 Å².